The van der Waals surface area contributed by atoms with Gasteiger partial charge in [-0.15, -0.1) is 0 Å². The van der Waals surface area contributed by atoms with Gasteiger partial charge in [0.2, 0.25) is 0 Å². The van der Waals surface area contributed by atoms with Gasteiger partial charge in [-0.05, 0) is 54.7 Å². The standard InChI is InChI=1S/C30H34ClFN2O3/c31-25-11-9-24(10-12-25)29-22-33(21-23-6-2-1-3-7-23)15-16-34(29)28-14-13-26(20-27(28)32)35-18-19-37-30-8-4-5-17-36-30/h1-3,6-7,9-14,20,29-30H,4-5,8,15-19,21-22H2. The van der Waals surface area contributed by atoms with Gasteiger partial charge in [0.1, 0.15) is 18.2 Å². The summed E-state index contributed by atoms with van der Waals surface area (Å²) in [7, 11) is 0. The van der Waals surface area contributed by atoms with Crippen molar-refractivity contribution in [1.82, 2.24) is 4.90 Å². The molecule has 2 fully saturated rings. The number of halogens is 2. The molecule has 0 spiro atoms. The molecule has 0 amide bonds. The first-order valence-corrected chi connectivity index (χ1v) is 13.5. The Kier molecular flexibility index (Phi) is 8.95. The summed E-state index contributed by atoms with van der Waals surface area (Å²) in [5.74, 6) is 0.213. The Balaban J connectivity index is 1.25. The van der Waals surface area contributed by atoms with E-state index < -0.39 is 0 Å². The van der Waals surface area contributed by atoms with E-state index in [4.69, 9.17) is 25.8 Å². The molecular weight excluding hydrogens is 491 g/mol. The zero-order valence-electron chi connectivity index (χ0n) is 21.0. The van der Waals surface area contributed by atoms with Gasteiger partial charge in [-0.3, -0.25) is 4.90 Å². The van der Waals surface area contributed by atoms with Gasteiger partial charge in [-0.25, -0.2) is 4.39 Å². The molecule has 196 valence electrons. The lowest BCUT2D eigenvalue weighted by Crippen LogP contribution is -2.48. The molecule has 0 radical (unpaired) electrons. The zero-order valence-corrected chi connectivity index (χ0v) is 21.8. The fourth-order valence-corrected chi connectivity index (χ4v) is 5.20. The van der Waals surface area contributed by atoms with Gasteiger partial charge < -0.3 is 19.1 Å². The summed E-state index contributed by atoms with van der Waals surface area (Å²) in [4.78, 5) is 4.59. The second kappa shape index (κ2) is 12.7. The number of piperazine rings is 1. The topological polar surface area (TPSA) is 34.2 Å². The van der Waals surface area contributed by atoms with Gasteiger partial charge in [0.25, 0.3) is 0 Å². The molecule has 2 aliphatic rings. The lowest BCUT2D eigenvalue weighted by molar-refractivity contribution is -0.165. The summed E-state index contributed by atoms with van der Waals surface area (Å²) in [6.07, 6.45) is 2.97. The van der Waals surface area contributed by atoms with E-state index in [0.29, 0.717) is 36.2 Å². The predicted molar refractivity (Wildman–Crippen MR) is 145 cm³/mol. The van der Waals surface area contributed by atoms with Crippen LogP contribution >= 0.6 is 11.6 Å². The molecule has 0 bridgehead atoms. The van der Waals surface area contributed by atoms with E-state index in [2.05, 4.69) is 34.1 Å². The number of rotatable bonds is 9. The van der Waals surface area contributed by atoms with Gasteiger partial charge in [-0.2, -0.15) is 0 Å². The highest BCUT2D eigenvalue weighted by Crippen LogP contribution is 2.35. The van der Waals surface area contributed by atoms with Crippen molar-refractivity contribution < 1.29 is 18.6 Å². The first-order chi connectivity index (χ1) is 18.2. The van der Waals surface area contributed by atoms with Gasteiger partial charge in [-0.1, -0.05) is 54.1 Å². The SMILES string of the molecule is Fc1cc(OCCOC2CCCCO2)ccc1N1CCN(Cc2ccccc2)CC1c1ccc(Cl)cc1. The van der Waals surface area contributed by atoms with Gasteiger partial charge in [0, 0.05) is 43.9 Å². The highest BCUT2D eigenvalue weighted by molar-refractivity contribution is 6.30. The molecule has 7 heteroatoms. The normalized spacial score (nSPS) is 20.6. The highest BCUT2D eigenvalue weighted by Gasteiger charge is 2.30. The van der Waals surface area contributed by atoms with Crippen molar-refractivity contribution in [2.45, 2.75) is 38.1 Å². The molecular formula is C30H34ClFN2O3. The molecule has 37 heavy (non-hydrogen) atoms. The third kappa shape index (κ3) is 7.02. The number of anilines is 1. The first-order valence-electron chi connectivity index (χ1n) is 13.1. The molecule has 2 saturated heterocycles. The zero-order chi connectivity index (χ0) is 25.5. The maximum Gasteiger partial charge on any atom is 0.157 e. The van der Waals surface area contributed by atoms with Crippen LogP contribution in [0.5, 0.6) is 5.75 Å². The largest absolute Gasteiger partial charge is 0.491 e. The van der Waals surface area contributed by atoms with Crippen LogP contribution in [0.15, 0.2) is 72.8 Å². The fourth-order valence-electron chi connectivity index (χ4n) is 5.08. The van der Waals surface area contributed by atoms with Crippen LogP contribution in [0.2, 0.25) is 5.02 Å². The molecule has 2 heterocycles. The molecule has 2 unspecified atom stereocenters. The van der Waals surface area contributed by atoms with E-state index in [1.807, 2.05) is 42.5 Å². The third-order valence-electron chi connectivity index (χ3n) is 6.99. The van der Waals surface area contributed by atoms with Crippen LogP contribution in [0.25, 0.3) is 0 Å². The second-order valence-electron chi connectivity index (χ2n) is 9.61. The fraction of sp³-hybridized carbons (Fsp3) is 0.400. The Hall–Kier alpha value is -2.64. The lowest BCUT2D eigenvalue weighted by Gasteiger charge is -2.43. The van der Waals surface area contributed by atoms with E-state index in [1.165, 1.54) is 11.6 Å². The molecule has 2 aliphatic heterocycles. The van der Waals surface area contributed by atoms with Crippen molar-refractivity contribution in [1.29, 1.82) is 0 Å². The molecule has 3 aromatic rings. The van der Waals surface area contributed by atoms with Crippen LogP contribution in [0.4, 0.5) is 10.1 Å². The minimum absolute atomic E-state index is 0.000101. The number of nitrogens with zero attached hydrogens (tertiary/aromatic N) is 2. The minimum Gasteiger partial charge on any atom is -0.491 e. The summed E-state index contributed by atoms with van der Waals surface area (Å²) in [5.41, 5.74) is 2.97. The quantitative estimate of drug-likeness (QED) is 0.300. The van der Waals surface area contributed by atoms with Crippen LogP contribution in [-0.2, 0) is 16.0 Å². The van der Waals surface area contributed by atoms with Crippen molar-refractivity contribution in [2.75, 3.05) is 44.4 Å². The Morgan fingerprint density at radius 2 is 1.78 bits per heavy atom. The molecule has 0 aromatic heterocycles. The summed E-state index contributed by atoms with van der Waals surface area (Å²) >= 11 is 6.17. The van der Waals surface area contributed by atoms with E-state index in [9.17, 15) is 0 Å². The Labute approximate surface area is 223 Å². The smallest absolute Gasteiger partial charge is 0.157 e. The van der Waals surface area contributed by atoms with E-state index in [1.54, 1.807) is 0 Å². The second-order valence-corrected chi connectivity index (χ2v) is 10.0. The maximum absolute atomic E-state index is 15.4. The van der Waals surface area contributed by atoms with E-state index >= 15 is 4.39 Å². The maximum atomic E-state index is 15.4. The van der Waals surface area contributed by atoms with E-state index in [-0.39, 0.29) is 18.1 Å². The molecule has 5 rings (SSSR count). The molecule has 0 aliphatic carbocycles. The van der Waals surface area contributed by atoms with Gasteiger partial charge in [0.05, 0.1) is 18.3 Å². The van der Waals surface area contributed by atoms with Crippen LogP contribution in [0.1, 0.15) is 36.4 Å². The summed E-state index contributed by atoms with van der Waals surface area (Å²) in [6.45, 7) is 4.72. The van der Waals surface area contributed by atoms with Gasteiger partial charge >= 0.3 is 0 Å². The number of benzene rings is 3. The minimum atomic E-state index is -0.287. The summed E-state index contributed by atoms with van der Waals surface area (Å²) in [6, 6.07) is 23.5. The Morgan fingerprint density at radius 3 is 2.54 bits per heavy atom. The van der Waals surface area contributed by atoms with Crippen molar-refractivity contribution in [3.8, 4) is 5.75 Å². The molecule has 5 nitrogen and oxygen atoms in total. The lowest BCUT2D eigenvalue weighted by atomic mass is 10.0. The number of hydrogen-bond acceptors (Lipinski definition) is 5. The van der Waals surface area contributed by atoms with Crippen LogP contribution in [-0.4, -0.2) is 50.6 Å². The molecule has 0 N–H and O–H groups in total. The summed E-state index contributed by atoms with van der Waals surface area (Å²) in [5, 5.41) is 0.693. The van der Waals surface area contributed by atoms with Crippen molar-refractivity contribution in [2.24, 2.45) is 0 Å². The van der Waals surface area contributed by atoms with Crippen molar-refractivity contribution in [3.63, 3.8) is 0 Å². The van der Waals surface area contributed by atoms with Crippen LogP contribution in [0, 0.1) is 5.82 Å². The molecule has 2 atom stereocenters. The van der Waals surface area contributed by atoms with E-state index in [0.717, 1.165) is 51.1 Å². The highest BCUT2D eigenvalue weighted by atomic mass is 35.5. The molecule has 0 saturated carbocycles. The van der Waals surface area contributed by atoms with Crippen molar-refractivity contribution >= 4 is 17.3 Å². The average Bonchev–Trinajstić information content (AvgIpc) is 2.93. The molecule has 3 aromatic carbocycles. The summed E-state index contributed by atoms with van der Waals surface area (Å²) < 4.78 is 32.5. The number of ether oxygens (including phenoxy) is 3. The first kappa shape index (κ1) is 26.0. The van der Waals surface area contributed by atoms with Crippen LogP contribution < -0.4 is 9.64 Å². The Bertz CT molecular complexity index is 1130. The van der Waals surface area contributed by atoms with Gasteiger partial charge in [0.15, 0.2) is 6.29 Å². The predicted octanol–water partition coefficient (Wildman–Crippen LogP) is 6.46. The number of hydrogen-bond donors (Lipinski definition) is 0. The average molecular weight is 525 g/mol. The third-order valence-corrected chi connectivity index (χ3v) is 7.24. The monoisotopic (exact) mass is 524 g/mol. The Morgan fingerprint density at radius 1 is 0.946 bits per heavy atom. The van der Waals surface area contributed by atoms with Crippen LogP contribution in [0.3, 0.4) is 0 Å². The van der Waals surface area contributed by atoms with Crippen molar-refractivity contribution in [3.05, 3.63) is 94.8 Å².